The molecule has 0 fully saturated rings. The second-order valence-corrected chi connectivity index (χ2v) is 16.1. The molecule has 3 nitrogen and oxygen atoms in total. The maximum Gasteiger partial charge on any atom is 0.165 e. The van der Waals surface area contributed by atoms with Gasteiger partial charge in [-0.1, -0.05) is 170 Å². The van der Waals surface area contributed by atoms with Crippen LogP contribution in [0.15, 0.2) is 200 Å². The summed E-state index contributed by atoms with van der Waals surface area (Å²) >= 11 is 1.79. The van der Waals surface area contributed by atoms with E-state index in [-0.39, 0.29) is 0 Å². The number of benzene rings is 10. The van der Waals surface area contributed by atoms with Crippen LogP contribution in [0.5, 0.6) is 0 Å². The Morgan fingerprint density at radius 3 is 1.47 bits per heavy atom. The van der Waals surface area contributed by atoms with Crippen LogP contribution in [0.25, 0.3) is 120 Å². The van der Waals surface area contributed by atoms with E-state index in [2.05, 4.69) is 200 Å². The van der Waals surface area contributed by atoms with Gasteiger partial charge in [0.1, 0.15) is 0 Å². The van der Waals surface area contributed by atoms with E-state index in [1.165, 1.54) is 68.8 Å². The lowest BCUT2D eigenvalue weighted by Crippen LogP contribution is -2.01. The maximum absolute atomic E-state index is 5.39. The van der Waals surface area contributed by atoms with Crippen molar-refractivity contribution in [3.8, 4) is 56.4 Å². The molecule has 0 amide bonds. The van der Waals surface area contributed by atoms with Crippen molar-refractivity contribution in [1.29, 1.82) is 0 Å². The molecule has 12 aromatic rings. The van der Waals surface area contributed by atoms with Crippen LogP contribution in [0.1, 0.15) is 0 Å². The molecular weight excluding hydrogens is 735 g/mol. The molecule has 0 bridgehead atoms. The summed E-state index contributed by atoms with van der Waals surface area (Å²) in [6, 6.07) is 71.6. The third kappa shape index (κ3) is 5.53. The van der Waals surface area contributed by atoms with E-state index < -0.39 is 0 Å². The molecule has 0 N–H and O–H groups in total. The second kappa shape index (κ2) is 13.6. The Hall–Kier alpha value is -7.53. The molecule has 0 saturated heterocycles. The molecule has 59 heavy (non-hydrogen) atoms. The van der Waals surface area contributed by atoms with Crippen LogP contribution in [0.4, 0.5) is 0 Å². The van der Waals surface area contributed by atoms with Crippen molar-refractivity contribution < 1.29 is 0 Å². The predicted molar refractivity (Wildman–Crippen MR) is 250 cm³/mol. The zero-order valence-corrected chi connectivity index (χ0v) is 32.6. The minimum absolute atomic E-state index is 0.633. The van der Waals surface area contributed by atoms with Crippen LogP contribution in [-0.2, 0) is 0 Å². The number of hydrogen-bond donors (Lipinski definition) is 0. The number of rotatable bonds is 5. The van der Waals surface area contributed by atoms with E-state index in [1.807, 2.05) is 0 Å². The minimum atomic E-state index is 0.633. The first-order chi connectivity index (χ1) is 29.2. The molecule has 2 heterocycles. The van der Waals surface area contributed by atoms with Crippen molar-refractivity contribution in [3.05, 3.63) is 200 Å². The fourth-order valence-corrected chi connectivity index (χ4v) is 10.2. The van der Waals surface area contributed by atoms with Crippen LogP contribution in [0.2, 0.25) is 0 Å². The van der Waals surface area contributed by atoms with Crippen LogP contribution in [0.3, 0.4) is 0 Å². The summed E-state index contributed by atoms with van der Waals surface area (Å²) in [5.74, 6) is 1.92. The third-order valence-corrected chi connectivity index (χ3v) is 12.9. The van der Waals surface area contributed by atoms with Gasteiger partial charge in [-0.3, -0.25) is 0 Å². The van der Waals surface area contributed by atoms with Gasteiger partial charge < -0.3 is 0 Å². The Morgan fingerprint density at radius 2 is 0.746 bits per heavy atom. The zero-order valence-electron chi connectivity index (χ0n) is 31.8. The van der Waals surface area contributed by atoms with E-state index in [9.17, 15) is 0 Å². The normalized spacial score (nSPS) is 11.7. The SMILES string of the molecule is c1cc(-c2nc(-c3ccccc3-c3cc4ccccc4c4ccccc34)nc(-c3cccc4c3sc3ccccc34)n2)cc(-c2cc3ccccc3c3ccccc23)c1. The largest absolute Gasteiger partial charge is 0.208 e. The van der Waals surface area contributed by atoms with Crippen LogP contribution >= 0.6 is 11.3 Å². The van der Waals surface area contributed by atoms with Gasteiger partial charge in [-0.2, -0.15) is 0 Å². The fourth-order valence-electron chi connectivity index (χ4n) is 8.98. The van der Waals surface area contributed by atoms with Crippen LogP contribution in [-0.4, -0.2) is 15.0 Å². The number of nitrogens with zero attached hydrogens (tertiary/aromatic N) is 3. The predicted octanol–water partition coefficient (Wildman–Crippen LogP) is 15.2. The fraction of sp³-hybridized carbons (Fsp3) is 0. The van der Waals surface area contributed by atoms with Gasteiger partial charge in [0.05, 0.1) is 0 Å². The van der Waals surface area contributed by atoms with Crippen molar-refractivity contribution in [1.82, 2.24) is 15.0 Å². The van der Waals surface area contributed by atoms with Gasteiger partial charge in [0.2, 0.25) is 0 Å². The maximum atomic E-state index is 5.39. The monoisotopic (exact) mass is 767 g/mol. The molecule has 10 aromatic carbocycles. The minimum Gasteiger partial charge on any atom is -0.208 e. The zero-order chi connectivity index (χ0) is 38.9. The van der Waals surface area contributed by atoms with Crippen molar-refractivity contribution in [2.24, 2.45) is 0 Å². The number of thiophene rings is 1. The number of hydrogen-bond acceptors (Lipinski definition) is 4. The third-order valence-electron chi connectivity index (χ3n) is 11.7. The van der Waals surface area contributed by atoms with Crippen molar-refractivity contribution in [2.75, 3.05) is 0 Å². The average Bonchev–Trinajstić information content (AvgIpc) is 3.70. The Labute approximate surface area is 344 Å². The summed E-state index contributed by atoms with van der Waals surface area (Å²) < 4.78 is 2.41. The molecule has 274 valence electrons. The molecule has 0 spiro atoms. The van der Waals surface area contributed by atoms with Crippen molar-refractivity contribution >= 4 is 74.6 Å². The topological polar surface area (TPSA) is 38.7 Å². The van der Waals surface area contributed by atoms with Gasteiger partial charge in [-0.05, 0) is 95.7 Å². The Morgan fingerprint density at radius 1 is 0.271 bits per heavy atom. The highest BCUT2D eigenvalue weighted by Crippen LogP contribution is 2.43. The summed E-state index contributed by atoms with van der Waals surface area (Å²) in [5.41, 5.74) is 7.41. The molecule has 2 aromatic heterocycles. The van der Waals surface area contributed by atoms with E-state index >= 15 is 0 Å². The second-order valence-electron chi connectivity index (χ2n) is 15.1. The Kier molecular flexibility index (Phi) is 7.72. The molecule has 0 saturated carbocycles. The highest BCUT2D eigenvalue weighted by Gasteiger charge is 2.20. The Balaban J connectivity index is 1.11. The number of aromatic nitrogens is 3. The summed E-state index contributed by atoms with van der Waals surface area (Å²) in [4.78, 5) is 16.1. The van der Waals surface area contributed by atoms with Gasteiger partial charge in [-0.15, -0.1) is 11.3 Å². The van der Waals surface area contributed by atoms with Gasteiger partial charge in [0, 0.05) is 36.9 Å². The molecule has 12 rings (SSSR count). The van der Waals surface area contributed by atoms with E-state index in [1.54, 1.807) is 11.3 Å². The smallest absolute Gasteiger partial charge is 0.165 e. The van der Waals surface area contributed by atoms with Crippen molar-refractivity contribution in [3.63, 3.8) is 0 Å². The van der Waals surface area contributed by atoms with E-state index in [4.69, 9.17) is 15.0 Å². The first-order valence-electron chi connectivity index (χ1n) is 19.9. The van der Waals surface area contributed by atoms with Gasteiger partial charge in [-0.25, -0.2) is 15.0 Å². The highest BCUT2D eigenvalue weighted by molar-refractivity contribution is 7.26. The summed E-state index contributed by atoms with van der Waals surface area (Å²) in [6.07, 6.45) is 0. The highest BCUT2D eigenvalue weighted by atomic mass is 32.1. The standard InChI is InChI=1S/C55H33N3S/c1-3-19-38-35(15-1)32-49(42-23-7-5-21-40(38)42)34-17-13-18-37(31-34)53-56-54(58-55(57-53)48-29-14-28-46-45-26-11-12-30-51(45)59-52(46)48)47-27-10-9-25-44(47)50-33-36-16-2-4-20-39(36)41-22-6-8-24-43(41)50/h1-33H. The Bertz CT molecular complexity index is 3640. The molecule has 0 aliphatic carbocycles. The molecule has 0 atom stereocenters. The van der Waals surface area contributed by atoms with Gasteiger partial charge in [0.15, 0.2) is 17.5 Å². The van der Waals surface area contributed by atoms with Crippen molar-refractivity contribution in [2.45, 2.75) is 0 Å². The lowest BCUT2D eigenvalue weighted by molar-refractivity contribution is 1.08. The molecular formula is C55H33N3S. The van der Waals surface area contributed by atoms with Crippen LogP contribution < -0.4 is 0 Å². The van der Waals surface area contributed by atoms with Gasteiger partial charge in [0.25, 0.3) is 0 Å². The summed E-state index contributed by atoms with van der Waals surface area (Å²) in [7, 11) is 0. The first kappa shape index (κ1) is 33.6. The molecule has 4 heteroatoms. The molecule has 0 radical (unpaired) electrons. The molecule has 0 aliphatic heterocycles. The van der Waals surface area contributed by atoms with Crippen LogP contribution in [0, 0.1) is 0 Å². The summed E-state index contributed by atoms with van der Waals surface area (Å²) in [5, 5.41) is 12.2. The lowest BCUT2D eigenvalue weighted by Gasteiger charge is -2.15. The van der Waals surface area contributed by atoms with E-state index in [0.717, 1.165) is 33.4 Å². The molecule has 0 unspecified atom stereocenters. The van der Waals surface area contributed by atoms with Gasteiger partial charge >= 0.3 is 0 Å². The number of fused-ring (bicyclic) bond motifs is 9. The molecule has 0 aliphatic rings. The summed E-state index contributed by atoms with van der Waals surface area (Å²) in [6.45, 7) is 0. The quantitative estimate of drug-likeness (QED) is 0.164. The lowest BCUT2D eigenvalue weighted by atomic mass is 9.91. The van der Waals surface area contributed by atoms with E-state index in [0.29, 0.717) is 17.5 Å². The first-order valence-corrected chi connectivity index (χ1v) is 20.8. The average molecular weight is 768 g/mol.